The maximum absolute atomic E-state index is 13.0. The van der Waals surface area contributed by atoms with E-state index in [1.54, 1.807) is 24.3 Å². The van der Waals surface area contributed by atoms with Crippen LogP contribution in [0.3, 0.4) is 0 Å². The van der Waals surface area contributed by atoms with Gasteiger partial charge in [0.1, 0.15) is 16.5 Å². The van der Waals surface area contributed by atoms with Crippen molar-refractivity contribution in [3.05, 3.63) is 59.9 Å². The summed E-state index contributed by atoms with van der Waals surface area (Å²) in [6.07, 6.45) is 0. The molecule has 0 aliphatic carbocycles. The zero-order valence-corrected chi connectivity index (χ0v) is 18.3. The summed E-state index contributed by atoms with van der Waals surface area (Å²) in [5, 5.41) is 0. The Morgan fingerprint density at radius 2 is 1.59 bits per heavy atom. The quantitative estimate of drug-likeness (QED) is 0.612. The second kappa shape index (κ2) is 8.95. The molecule has 0 aromatic heterocycles. The van der Waals surface area contributed by atoms with E-state index in [1.165, 1.54) is 0 Å². The van der Waals surface area contributed by atoms with Crippen LogP contribution in [0.4, 0.5) is 4.39 Å². The lowest BCUT2D eigenvalue weighted by atomic mass is 9.94. The molecular formula is C22H28FNO4S. The molecule has 0 saturated heterocycles. The van der Waals surface area contributed by atoms with Gasteiger partial charge in [0.2, 0.25) is 5.91 Å². The molecule has 0 fully saturated rings. The van der Waals surface area contributed by atoms with Crippen LogP contribution in [0, 0.1) is 17.2 Å². The summed E-state index contributed by atoms with van der Waals surface area (Å²) in [4.78, 5) is 14.4. The third-order valence-corrected chi connectivity index (χ3v) is 5.38. The number of benzene rings is 2. The lowest BCUT2D eigenvalue weighted by Gasteiger charge is -2.31. The summed E-state index contributed by atoms with van der Waals surface area (Å²) < 4.78 is 42.7. The molecule has 7 heteroatoms. The number of nitrogens with zero attached hydrogens (tertiary/aromatic N) is 1. The monoisotopic (exact) mass is 421 g/mol. The minimum Gasteiger partial charge on any atom is -0.379 e. The summed E-state index contributed by atoms with van der Waals surface area (Å²) in [6, 6.07) is 11.0. The molecule has 5 nitrogen and oxygen atoms in total. The fourth-order valence-electron chi connectivity index (χ4n) is 2.78. The molecule has 0 aliphatic heterocycles. The Hall–Kier alpha value is -2.41. The summed E-state index contributed by atoms with van der Waals surface area (Å²) in [6.45, 7) is 10.8. The van der Waals surface area contributed by atoms with Gasteiger partial charge in [-0.05, 0) is 47.9 Å². The highest BCUT2D eigenvalue weighted by Crippen LogP contribution is 2.23. The molecular weight excluding hydrogens is 393 g/mol. The number of carbonyl (C=O) groups excluding carboxylic acids is 1. The van der Waals surface area contributed by atoms with E-state index in [0.717, 1.165) is 29.8 Å². The molecule has 29 heavy (non-hydrogen) atoms. The van der Waals surface area contributed by atoms with Gasteiger partial charge in [-0.25, -0.2) is 4.39 Å². The van der Waals surface area contributed by atoms with Gasteiger partial charge in [-0.3, -0.25) is 4.79 Å². The van der Waals surface area contributed by atoms with E-state index in [-0.39, 0.29) is 16.6 Å². The van der Waals surface area contributed by atoms with Gasteiger partial charge in [-0.15, -0.1) is 0 Å². The third kappa shape index (κ3) is 6.56. The maximum atomic E-state index is 13.0. The topological polar surface area (TPSA) is 63.7 Å². The first-order chi connectivity index (χ1) is 13.4. The zero-order chi connectivity index (χ0) is 21.8. The van der Waals surface area contributed by atoms with E-state index in [0.29, 0.717) is 19.0 Å². The summed E-state index contributed by atoms with van der Waals surface area (Å²) in [5.41, 5.74) is 0.385. The van der Waals surface area contributed by atoms with E-state index < -0.39 is 21.4 Å². The summed E-state index contributed by atoms with van der Waals surface area (Å²) in [7, 11) is -4.05. The summed E-state index contributed by atoms with van der Waals surface area (Å²) in [5.74, 6) is 0.00913. The SMILES string of the molecule is CC(C)CN(Cc1ccc(OS(=O)(=O)c2ccc(F)cc2)cc1)C(=O)C(C)(C)C. The van der Waals surface area contributed by atoms with Gasteiger partial charge < -0.3 is 9.08 Å². The molecule has 0 unspecified atom stereocenters. The Balaban J connectivity index is 2.14. The van der Waals surface area contributed by atoms with Crippen molar-refractivity contribution in [3.63, 3.8) is 0 Å². The van der Waals surface area contributed by atoms with Crippen molar-refractivity contribution in [3.8, 4) is 5.75 Å². The molecule has 0 atom stereocenters. The molecule has 0 saturated carbocycles. The molecule has 0 radical (unpaired) electrons. The Morgan fingerprint density at radius 3 is 2.07 bits per heavy atom. The van der Waals surface area contributed by atoms with Crippen LogP contribution in [-0.4, -0.2) is 25.8 Å². The van der Waals surface area contributed by atoms with Crippen molar-refractivity contribution in [2.45, 2.75) is 46.1 Å². The third-order valence-electron chi connectivity index (χ3n) is 4.12. The number of hydrogen-bond acceptors (Lipinski definition) is 4. The van der Waals surface area contributed by atoms with Crippen molar-refractivity contribution in [2.75, 3.05) is 6.54 Å². The van der Waals surface area contributed by atoms with Gasteiger partial charge in [-0.1, -0.05) is 46.8 Å². The molecule has 158 valence electrons. The van der Waals surface area contributed by atoms with E-state index in [4.69, 9.17) is 4.18 Å². The Labute approximate surface area is 172 Å². The number of amides is 1. The van der Waals surface area contributed by atoms with Gasteiger partial charge in [0.05, 0.1) is 0 Å². The Kier molecular flexibility index (Phi) is 7.06. The van der Waals surface area contributed by atoms with Crippen molar-refractivity contribution in [2.24, 2.45) is 11.3 Å². The highest BCUT2D eigenvalue weighted by atomic mass is 32.2. The van der Waals surface area contributed by atoms with Crippen LogP contribution >= 0.6 is 0 Å². The van der Waals surface area contributed by atoms with Crippen molar-refractivity contribution >= 4 is 16.0 Å². The van der Waals surface area contributed by atoms with Gasteiger partial charge in [0.25, 0.3) is 0 Å². The molecule has 1 amide bonds. The minimum atomic E-state index is -4.05. The molecule has 2 aromatic rings. The van der Waals surface area contributed by atoms with Crippen LogP contribution in [0.15, 0.2) is 53.4 Å². The first-order valence-electron chi connectivity index (χ1n) is 9.47. The minimum absolute atomic E-state index is 0.0606. The van der Waals surface area contributed by atoms with E-state index in [1.807, 2.05) is 25.7 Å². The largest absolute Gasteiger partial charge is 0.379 e. The van der Waals surface area contributed by atoms with Crippen LogP contribution in [-0.2, 0) is 21.5 Å². The van der Waals surface area contributed by atoms with Crippen molar-refractivity contribution in [1.82, 2.24) is 4.90 Å². The molecule has 2 aromatic carbocycles. The first kappa shape index (κ1) is 22.9. The Morgan fingerprint density at radius 1 is 1.03 bits per heavy atom. The van der Waals surface area contributed by atoms with Gasteiger partial charge >= 0.3 is 10.1 Å². The molecule has 0 bridgehead atoms. The maximum Gasteiger partial charge on any atom is 0.339 e. The molecule has 0 N–H and O–H groups in total. The standard InChI is InChI=1S/C22H28FNO4S/c1-16(2)14-24(21(25)22(3,4)5)15-17-6-10-19(11-7-17)28-29(26,27)20-12-8-18(23)9-13-20/h6-13,16H,14-15H2,1-5H3. The predicted molar refractivity (Wildman–Crippen MR) is 110 cm³/mol. The zero-order valence-electron chi connectivity index (χ0n) is 17.5. The predicted octanol–water partition coefficient (Wildman–Crippen LogP) is 4.62. The fraction of sp³-hybridized carbons (Fsp3) is 0.409. The molecule has 0 heterocycles. The number of carbonyl (C=O) groups is 1. The van der Waals surface area contributed by atoms with E-state index >= 15 is 0 Å². The van der Waals surface area contributed by atoms with E-state index in [9.17, 15) is 17.6 Å². The van der Waals surface area contributed by atoms with Crippen LogP contribution < -0.4 is 4.18 Å². The second-order valence-corrected chi connectivity index (χ2v) is 10.0. The number of rotatable bonds is 7. The molecule has 0 spiro atoms. The molecule has 0 aliphatic rings. The lowest BCUT2D eigenvalue weighted by molar-refractivity contribution is -0.140. The van der Waals surface area contributed by atoms with Crippen LogP contribution in [0.2, 0.25) is 0 Å². The van der Waals surface area contributed by atoms with Gasteiger partial charge in [0, 0.05) is 18.5 Å². The summed E-state index contributed by atoms with van der Waals surface area (Å²) >= 11 is 0. The van der Waals surface area contributed by atoms with Crippen LogP contribution in [0.25, 0.3) is 0 Å². The van der Waals surface area contributed by atoms with Gasteiger partial charge in [-0.2, -0.15) is 8.42 Å². The highest BCUT2D eigenvalue weighted by Gasteiger charge is 2.27. The average Bonchev–Trinajstić information content (AvgIpc) is 2.61. The fourth-order valence-corrected chi connectivity index (χ4v) is 3.71. The first-order valence-corrected chi connectivity index (χ1v) is 10.9. The number of halogens is 1. The molecule has 2 rings (SSSR count). The Bertz CT molecular complexity index is 930. The normalized spacial score (nSPS) is 12.1. The lowest BCUT2D eigenvalue weighted by Crippen LogP contribution is -2.41. The van der Waals surface area contributed by atoms with Crippen molar-refractivity contribution in [1.29, 1.82) is 0 Å². The van der Waals surface area contributed by atoms with E-state index in [2.05, 4.69) is 13.8 Å². The highest BCUT2D eigenvalue weighted by molar-refractivity contribution is 7.87. The van der Waals surface area contributed by atoms with Crippen LogP contribution in [0.1, 0.15) is 40.2 Å². The average molecular weight is 422 g/mol. The second-order valence-electron chi connectivity index (χ2n) is 8.46. The van der Waals surface area contributed by atoms with Crippen molar-refractivity contribution < 1.29 is 21.8 Å². The number of hydrogen-bond donors (Lipinski definition) is 0. The van der Waals surface area contributed by atoms with Crippen LogP contribution in [0.5, 0.6) is 5.75 Å². The smallest absolute Gasteiger partial charge is 0.339 e. The van der Waals surface area contributed by atoms with Gasteiger partial charge in [0.15, 0.2) is 0 Å².